The van der Waals surface area contributed by atoms with Gasteiger partial charge in [0.2, 0.25) is 0 Å². The first-order valence-corrected chi connectivity index (χ1v) is 14.3. The zero-order valence-electron chi connectivity index (χ0n) is 21.0. The Hall–Kier alpha value is -3.60. The largest absolute Gasteiger partial charge is 1.00 e. The van der Waals surface area contributed by atoms with Crippen LogP contribution >= 0.6 is 23.2 Å². The second-order valence-electron chi connectivity index (χ2n) is 7.91. The number of nitro benzene ring substituents is 2. The molecule has 3 aromatic carbocycles. The molecule has 0 aliphatic carbocycles. The molecule has 4 rings (SSSR count). The van der Waals surface area contributed by atoms with Crippen molar-refractivity contribution >= 4 is 66.4 Å². The molecule has 0 aliphatic heterocycles. The number of nitro groups is 2. The zero-order chi connectivity index (χ0) is 31.1. The van der Waals surface area contributed by atoms with Gasteiger partial charge in [-0.25, -0.2) is 8.42 Å². The Balaban J connectivity index is 0.00000506. The quantitative estimate of drug-likeness (QED) is 0.0749. The van der Waals surface area contributed by atoms with Crippen molar-refractivity contribution in [1.29, 1.82) is 0 Å². The van der Waals surface area contributed by atoms with Gasteiger partial charge in [0.25, 0.3) is 11.4 Å². The monoisotopic (exact) mass is 682 g/mol. The van der Waals surface area contributed by atoms with Gasteiger partial charge < -0.3 is 9.87 Å². The maximum absolute atomic E-state index is 13.0. The number of carbonyl (C=O) groups excluding carboxylic acids is 1. The van der Waals surface area contributed by atoms with Crippen LogP contribution in [-0.4, -0.2) is 56.7 Å². The number of amides is 1. The maximum Gasteiger partial charge on any atom is 1.00 e. The molecule has 0 spiro atoms. The summed E-state index contributed by atoms with van der Waals surface area (Å²) in [4.78, 5) is 31.8. The molecule has 43 heavy (non-hydrogen) atoms. The van der Waals surface area contributed by atoms with E-state index >= 15 is 0 Å². The second kappa shape index (κ2) is 12.6. The molecule has 0 radical (unpaired) electrons. The van der Waals surface area contributed by atoms with E-state index in [9.17, 15) is 51.0 Å². The number of rotatable bonds is 8. The molecule has 0 saturated heterocycles. The third kappa shape index (κ3) is 7.14. The number of nitrogens with one attached hydrogen (secondary N) is 1. The molecule has 1 amide bonds. The predicted molar refractivity (Wildman–Crippen MR) is 138 cm³/mol. The summed E-state index contributed by atoms with van der Waals surface area (Å²) in [6.45, 7) is 0. The Labute approximate surface area is 271 Å². The smallest absolute Gasteiger partial charge is 0.744 e. The molecular formula is C20H11Cl2N7NaO11S2+. The third-order valence-corrected chi connectivity index (χ3v) is 7.58. The van der Waals surface area contributed by atoms with E-state index in [-0.39, 0.29) is 35.2 Å². The number of aromatic nitrogens is 4. The SMILES string of the molecule is O=C(Nc1ccccc1)c1nn(-c2cc(S(=O)(=O)O)c([N+](=O)[O-])cc2Cl)[n+](-c2cc(S(=O)(=O)[O-])c([N+](=O)[O-])cc2Cl)n1.[Na+]. The summed E-state index contributed by atoms with van der Waals surface area (Å²) in [7, 11) is -10.8. The summed E-state index contributed by atoms with van der Waals surface area (Å²) < 4.78 is 69.0. The molecule has 23 heteroatoms. The molecule has 0 atom stereocenters. The van der Waals surface area contributed by atoms with E-state index in [0.717, 1.165) is 0 Å². The van der Waals surface area contributed by atoms with Gasteiger partial charge in [-0.1, -0.05) is 41.4 Å². The van der Waals surface area contributed by atoms with Crippen molar-refractivity contribution in [3.63, 3.8) is 0 Å². The molecule has 1 aromatic heterocycles. The molecule has 218 valence electrons. The molecule has 18 nitrogen and oxygen atoms in total. The molecule has 0 bridgehead atoms. The summed E-state index contributed by atoms with van der Waals surface area (Å²) in [6, 6.07) is 9.76. The van der Waals surface area contributed by atoms with E-state index in [4.69, 9.17) is 23.2 Å². The molecule has 2 N–H and O–H groups in total. The predicted octanol–water partition coefficient (Wildman–Crippen LogP) is -0.926. The number of anilines is 1. The van der Waals surface area contributed by atoms with Gasteiger partial charge in [-0.05, 0) is 23.0 Å². The van der Waals surface area contributed by atoms with Crippen LogP contribution in [0, 0.1) is 20.2 Å². The average molecular weight is 683 g/mol. The fourth-order valence-electron chi connectivity index (χ4n) is 3.46. The van der Waals surface area contributed by atoms with E-state index in [1.54, 1.807) is 18.2 Å². The summed E-state index contributed by atoms with van der Waals surface area (Å²) in [6.07, 6.45) is 0. The Kier molecular flexibility index (Phi) is 9.90. The van der Waals surface area contributed by atoms with Gasteiger partial charge in [0.15, 0.2) is 16.3 Å². The molecule has 0 fully saturated rings. The van der Waals surface area contributed by atoms with Gasteiger partial charge in [0, 0.05) is 33.8 Å². The zero-order valence-corrected chi connectivity index (χ0v) is 26.1. The van der Waals surface area contributed by atoms with Gasteiger partial charge in [0.1, 0.15) is 15.0 Å². The summed E-state index contributed by atoms with van der Waals surface area (Å²) in [5, 5.41) is 31.8. The Morgan fingerprint density at radius 2 is 1.49 bits per heavy atom. The first kappa shape index (κ1) is 33.9. The number of nitrogens with zero attached hydrogens (tertiary/aromatic N) is 6. The fourth-order valence-corrected chi connectivity index (χ4v) is 5.23. The third-order valence-electron chi connectivity index (χ3n) is 5.22. The van der Waals surface area contributed by atoms with Crippen LogP contribution in [0.15, 0.2) is 64.4 Å². The van der Waals surface area contributed by atoms with E-state index in [0.29, 0.717) is 33.9 Å². The van der Waals surface area contributed by atoms with Crippen LogP contribution < -0.4 is 39.7 Å². The van der Waals surface area contributed by atoms with Crippen LogP contribution in [0.4, 0.5) is 17.1 Å². The van der Waals surface area contributed by atoms with Crippen LogP contribution in [0.3, 0.4) is 0 Å². The average Bonchev–Trinajstić information content (AvgIpc) is 3.32. The topological polar surface area (TPSA) is 262 Å². The maximum atomic E-state index is 13.0. The van der Waals surface area contributed by atoms with Crippen molar-refractivity contribution in [2.45, 2.75) is 9.79 Å². The van der Waals surface area contributed by atoms with Crippen molar-refractivity contribution in [2.75, 3.05) is 5.32 Å². The van der Waals surface area contributed by atoms with Crippen molar-refractivity contribution in [2.24, 2.45) is 0 Å². The molecule has 4 aromatic rings. The number of tetrazole rings is 1. The van der Waals surface area contributed by atoms with Crippen molar-refractivity contribution < 1.29 is 74.9 Å². The Morgan fingerprint density at radius 1 is 0.930 bits per heavy atom. The number of para-hydroxylation sites is 1. The minimum absolute atomic E-state index is 0. The van der Waals surface area contributed by atoms with Crippen LogP contribution in [0.2, 0.25) is 10.0 Å². The van der Waals surface area contributed by atoms with E-state index in [1.807, 2.05) is 0 Å². The van der Waals surface area contributed by atoms with E-state index in [2.05, 4.69) is 15.5 Å². The number of benzene rings is 3. The van der Waals surface area contributed by atoms with Crippen molar-refractivity contribution in [3.8, 4) is 11.4 Å². The van der Waals surface area contributed by atoms with Crippen molar-refractivity contribution in [1.82, 2.24) is 15.0 Å². The van der Waals surface area contributed by atoms with E-state index in [1.165, 1.54) is 12.1 Å². The summed E-state index contributed by atoms with van der Waals surface area (Å²) in [5.74, 6) is -1.72. The number of hydrogen-bond acceptors (Lipinski definition) is 12. The van der Waals surface area contributed by atoms with Crippen molar-refractivity contribution in [3.05, 3.63) is 90.7 Å². The van der Waals surface area contributed by atoms with E-state index < -0.39 is 84.4 Å². The second-order valence-corrected chi connectivity index (χ2v) is 11.5. The minimum Gasteiger partial charge on any atom is -0.744 e. The number of halogens is 2. The first-order chi connectivity index (χ1) is 19.5. The molecule has 0 saturated carbocycles. The fraction of sp³-hybridized carbons (Fsp3) is 0. The Bertz CT molecular complexity index is 1910. The van der Waals surface area contributed by atoms with Gasteiger partial charge in [-0.15, -0.1) is 0 Å². The summed E-state index contributed by atoms with van der Waals surface area (Å²) >= 11 is 12.3. The molecule has 0 unspecified atom stereocenters. The molecular weight excluding hydrogens is 672 g/mol. The van der Waals surface area contributed by atoms with Crippen LogP contribution in [0.25, 0.3) is 11.4 Å². The van der Waals surface area contributed by atoms with Gasteiger partial charge in [-0.3, -0.25) is 29.6 Å². The Morgan fingerprint density at radius 3 is 2.02 bits per heavy atom. The normalized spacial score (nSPS) is 11.4. The minimum atomic E-state index is -5.52. The standard InChI is InChI=1S/C20H11Cl2N7O11S2.Na/c21-11-6-15(28(31)32)17(41(35,36)37)8-13(11)26-24-19(20(30)23-10-4-2-1-3-5-10)25-27(26)14-9-18(42(38,39)40)16(29(33)34)7-12(14)22;/h1-9H,(H2-,23,30,35,36,37,38,39,40);/q;+1. The number of carbonyl (C=O) groups is 1. The number of hydrogen-bond donors (Lipinski definition) is 2. The van der Waals surface area contributed by atoms with Gasteiger partial charge in [-0.2, -0.15) is 8.42 Å². The van der Waals surface area contributed by atoms with Crippen LogP contribution in [0.5, 0.6) is 0 Å². The van der Waals surface area contributed by atoms with Crippen LogP contribution in [0.1, 0.15) is 10.6 Å². The molecule has 1 heterocycles. The van der Waals surface area contributed by atoms with Crippen LogP contribution in [-0.2, 0) is 20.2 Å². The van der Waals surface area contributed by atoms with Gasteiger partial charge in [0.05, 0.1) is 25.0 Å². The molecule has 0 aliphatic rings. The van der Waals surface area contributed by atoms with Gasteiger partial charge >= 0.3 is 51.4 Å². The first-order valence-electron chi connectivity index (χ1n) is 10.6. The summed E-state index contributed by atoms with van der Waals surface area (Å²) in [5.41, 5.74) is -3.30.